The Morgan fingerprint density at radius 2 is 1.44 bits per heavy atom. The number of anilines is 1. The maximum absolute atomic E-state index is 13.9. The average molecular weight is 500 g/mol. The number of nitrogens with zero attached hydrogens (tertiary/aromatic N) is 1. The molecule has 2 amide bonds. The maximum Gasteiger partial charge on any atom is 0.238 e. The van der Waals surface area contributed by atoms with E-state index in [0.717, 1.165) is 11.1 Å². The van der Waals surface area contributed by atoms with Gasteiger partial charge in [-0.1, -0.05) is 79.2 Å². The molecule has 1 saturated heterocycles. The van der Waals surface area contributed by atoms with E-state index < -0.39 is 34.7 Å². The van der Waals surface area contributed by atoms with Gasteiger partial charge >= 0.3 is 0 Å². The third-order valence-corrected chi connectivity index (χ3v) is 8.81. The van der Waals surface area contributed by atoms with E-state index in [1.807, 2.05) is 80.6 Å². The van der Waals surface area contributed by atoms with Crippen molar-refractivity contribution in [1.29, 1.82) is 0 Å². The van der Waals surface area contributed by atoms with Gasteiger partial charge in [-0.2, -0.15) is 0 Å². The van der Waals surface area contributed by atoms with Gasteiger partial charge in [-0.05, 0) is 49.1 Å². The molecular formula is C30H29NO4S. The lowest BCUT2D eigenvalue weighted by Gasteiger charge is -2.37. The molecule has 184 valence electrons. The standard InChI is InChI=1S/C30H29NO4S/c1-19-13-15-23(16-14-19)36(35)25-17-20(2)26-28(27(25)24(32)18-21-9-5-3-6-10-21)30(34)31(29(26)33)22-11-7-4-8-12-22/h3-17,20,24,26-28,32H,18H2,1-2H3/t20-,24+,26-,27+,28-,36+/m1/s1. The minimum atomic E-state index is -1.58. The van der Waals surface area contributed by atoms with E-state index in [4.69, 9.17) is 0 Å². The molecule has 0 saturated carbocycles. The number of benzene rings is 3. The van der Waals surface area contributed by atoms with Crippen LogP contribution >= 0.6 is 0 Å². The molecule has 6 heteroatoms. The van der Waals surface area contributed by atoms with E-state index in [2.05, 4.69) is 0 Å². The van der Waals surface area contributed by atoms with Crippen molar-refractivity contribution in [2.45, 2.75) is 31.3 Å². The van der Waals surface area contributed by atoms with E-state index >= 15 is 0 Å². The van der Waals surface area contributed by atoms with Gasteiger partial charge in [0.25, 0.3) is 0 Å². The summed E-state index contributed by atoms with van der Waals surface area (Å²) in [6.45, 7) is 3.86. The van der Waals surface area contributed by atoms with Crippen molar-refractivity contribution in [3.8, 4) is 0 Å². The van der Waals surface area contributed by atoms with Gasteiger partial charge in [0, 0.05) is 15.7 Å². The fraction of sp³-hybridized carbons (Fsp3) is 0.267. The number of aryl methyl sites for hydroxylation is 1. The van der Waals surface area contributed by atoms with Crippen LogP contribution in [0.25, 0.3) is 0 Å². The van der Waals surface area contributed by atoms with Crippen LogP contribution in [0.15, 0.2) is 101 Å². The average Bonchev–Trinajstić information content (AvgIpc) is 3.15. The Balaban J connectivity index is 1.58. The van der Waals surface area contributed by atoms with Crippen LogP contribution in [0, 0.1) is 30.6 Å². The molecule has 0 unspecified atom stereocenters. The second kappa shape index (κ2) is 9.96. The number of allylic oxidation sites excluding steroid dienone is 1. The van der Waals surface area contributed by atoms with Gasteiger partial charge in [-0.25, -0.2) is 4.21 Å². The minimum absolute atomic E-state index is 0.267. The Hall–Kier alpha value is -3.35. The second-order valence-electron chi connectivity index (χ2n) is 9.69. The first-order chi connectivity index (χ1) is 17.4. The van der Waals surface area contributed by atoms with Crippen molar-refractivity contribution in [2.24, 2.45) is 23.7 Å². The van der Waals surface area contributed by atoms with Gasteiger partial charge in [0.2, 0.25) is 11.8 Å². The number of hydrogen-bond acceptors (Lipinski definition) is 4. The summed E-state index contributed by atoms with van der Waals surface area (Å²) in [4.78, 5) is 29.9. The van der Waals surface area contributed by atoms with Gasteiger partial charge < -0.3 is 5.11 Å². The molecule has 0 aromatic heterocycles. The van der Waals surface area contributed by atoms with E-state index in [9.17, 15) is 18.9 Å². The lowest BCUT2D eigenvalue weighted by molar-refractivity contribution is -0.124. The highest BCUT2D eigenvalue weighted by molar-refractivity contribution is 7.89. The summed E-state index contributed by atoms with van der Waals surface area (Å²) >= 11 is 0. The molecule has 3 aromatic rings. The molecular weight excluding hydrogens is 470 g/mol. The molecule has 0 radical (unpaired) electrons. The zero-order valence-electron chi connectivity index (χ0n) is 20.3. The predicted molar refractivity (Wildman–Crippen MR) is 140 cm³/mol. The van der Waals surface area contributed by atoms with Crippen LogP contribution in [-0.2, 0) is 26.8 Å². The first-order valence-electron chi connectivity index (χ1n) is 12.2. The van der Waals surface area contributed by atoms with Crippen LogP contribution in [0.5, 0.6) is 0 Å². The third-order valence-electron chi connectivity index (χ3n) is 7.27. The summed E-state index contributed by atoms with van der Waals surface area (Å²) in [7, 11) is -1.58. The number of imide groups is 1. The molecule has 36 heavy (non-hydrogen) atoms. The summed E-state index contributed by atoms with van der Waals surface area (Å²) in [5.74, 6) is -3.07. The molecule has 1 aliphatic carbocycles. The first-order valence-corrected chi connectivity index (χ1v) is 13.4. The number of fused-ring (bicyclic) bond motifs is 1. The zero-order chi connectivity index (χ0) is 25.4. The van der Waals surface area contributed by atoms with Gasteiger partial charge in [0.15, 0.2) is 0 Å². The van der Waals surface area contributed by atoms with Crippen LogP contribution in [-0.4, -0.2) is 27.2 Å². The number of para-hydroxylation sites is 1. The van der Waals surface area contributed by atoms with Crippen LogP contribution < -0.4 is 4.90 Å². The fourth-order valence-electron chi connectivity index (χ4n) is 5.52. The largest absolute Gasteiger partial charge is 0.392 e. The van der Waals surface area contributed by atoms with E-state index in [1.165, 1.54) is 4.90 Å². The molecule has 3 aromatic carbocycles. The Kier molecular flexibility index (Phi) is 6.73. The van der Waals surface area contributed by atoms with Crippen molar-refractivity contribution in [3.63, 3.8) is 0 Å². The summed E-state index contributed by atoms with van der Waals surface area (Å²) in [5.41, 5.74) is 2.49. The third kappa shape index (κ3) is 4.36. The fourth-order valence-corrected chi connectivity index (χ4v) is 7.06. The SMILES string of the molecule is Cc1ccc([S@](=O)C2=C[C@@H](C)[C@H]3C(=O)N(c4ccccc4)C(=O)[C@H]3[C@H]2[C@@H](O)Cc2ccccc2)cc1. The van der Waals surface area contributed by atoms with Crippen molar-refractivity contribution >= 4 is 28.3 Å². The van der Waals surface area contributed by atoms with Crippen molar-refractivity contribution in [1.82, 2.24) is 0 Å². The van der Waals surface area contributed by atoms with E-state index in [0.29, 0.717) is 21.9 Å². The summed E-state index contributed by atoms with van der Waals surface area (Å²) in [6, 6.07) is 25.9. The smallest absolute Gasteiger partial charge is 0.238 e. The van der Waals surface area contributed by atoms with Crippen molar-refractivity contribution in [3.05, 3.63) is 107 Å². The number of aliphatic hydroxyl groups is 1. The Labute approximate surface area is 213 Å². The Morgan fingerprint density at radius 1 is 0.861 bits per heavy atom. The molecule has 1 N–H and O–H groups in total. The van der Waals surface area contributed by atoms with Crippen LogP contribution in [0.2, 0.25) is 0 Å². The summed E-state index contributed by atoms with van der Waals surface area (Å²) < 4.78 is 13.9. The molecule has 6 atom stereocenters. The lowest BCUT2D eigenvalue weighted by Crippen LogP contribution is -2.43. The number of aliphatic hydroxyl groups excluding tert-OH is 1. The van der Waals surface area contributed by atoms with Gasteiger partial charge in [0.05, 0.1) is 34.4 Å². The number of carbonyl (C=O) groups excluding carboxylic acids is 2. The normalized spacial score (nSPS) is 25.3. The highest BCUT2D eigenvalue weighted by atomic mass is 32.2. The Morgan fingerprint density at radius 3 is 2.08 bits per heavy atom. The molecule has 0 bridgehead atoms. The number of carbonyl (C=O) groups is 2. The van der Waals surface area contributed by atoms with Crippen LogP contribution in [0.4, 0.5) is 5.69 Å². The van der Waals surface area contributed by atoms with Crippen LogP contribution in [0.1, 0.15) is 18.1 Å². The van der Waals surface area contributed by atoms with E-state index in [-0.39, 0.29) is 17.7 Å². The van der Waals surface area contributed by atoms with Crippen molar-refractivity contribution < 1.29 is 18.9 Å². The predicted octanol–water partition coefficient (Wildman–Crippen LogP) is 4.66. The van der Waals surface area contributed by atoms with Gasteiger partial charge in [-0.3, -0.25) is 14.5 Å². The monoisotopic (exact) mass is 499 g/mol. The highest BCUT2D eigenvalue weighted by Crippen LogP contribution is 2.48. The Bertz CT molecular complexity index is 1320. The molecule has 5 nitrogen and oxygen atoms in total. The minimum Gasteiger partial charge on any atom is -0.392 e. The van der Waals surface area contributed by atoms with Gasteiger partial charge in [-0.15, -0.1) is 0 Å². The number of rotatable bonds is 6. The van der Waals surface area contributed by atoms with E-state index in [1.54, 1.807) is 24.3 Å². The van der Waals surface area contributed by atoms with Gasteiger partial charge in [0.1, 0.15) is 0 Å². The first kappa shape index (κ1) is 24.3. The number of hydrogen-bond donors (Lipinski definition) is 1. The topological polar surface area (TPSA) is 74.7 Å². The molecule has 0 spiro atoms. The summed E-state index contributed by atoms with van der Waals surface area (Å²) in [6.07, 6.45) is 1.16. The zero-order valence-corrected chi connectivity index (χ0v) is 21.1. The maximum atomic E-state index is 13.9. The molecule has 2 aliphatic rings. The summed E-state index contributed by atoms with van der Waals surface area (Å²) in [5, 5.41) is 11.6. The quantitative estimate of drug-likeness (QED) is 0.501. The number of amides is 2. The molecule has 1 fully saturated rings. The molecule has 5 rings (SSSR count). The lowest BCUT2D eigenvalue weighted by atomic mass is 9.69. The molecule has 1 heterocycles. The highest BCUT2D eigenvalue weighted by Gasteiger charge is 2.57. The molecule has 1 aliphatic heterocycles. The van der Waals surface area contributed by atoms with Crippen LogP contribution in [0.3, 0.4) is 0 Å². The van der Waals surface area contributed by atoms with Crippen molar-refractivity contribution in [2.75, 3.05) is 4.90 Å². The second-order valence-corrected chi connectivity index (χ2v) is 11.2.